The Kier molecular flexibility index (Phi) is 5.80. The molecule has 0 bridgehead atoms. The van der Waals surface area contributed by atoms with Crippen LogP contribution >= 0.6 is 0 Å². The highest BCUT2D eigenvalue weighted by Crippen LogP contribution is 2.32. The van der Waals surface area contributed by atoms with E-state index in [-0.39, 0.29) is 6.03 Å². The van der Waals surface area contributed by atoms with Crippen molar-refractivity contribution < 1.29 is 23.9 Å². The van der Waals surface area contributed by atoms with Gasteiger partial charge in [0.05, 0.1) is 31.4 Å². The van der Waals surface area contributed by atoms with Crippen LogP contribution < -0.4 is 5.32 Å². The molecule has 0 unspecified atom stereocenters. The van der Waals surface area contributed by atoms with Crippen molar-refractivity contribution in [3.8, 4) is 0 Å². The highest BCUT2D eigenvalue weighted by Gasteiger charge is 2.36. The first-order valence-corrected chi connectivity index (χ1v) is 7.98. The largest absolute Gasteiger partial charge is 0.466 e. The minimum absolute atomic E-state index is 0.293. The molecule has 1 heterocycles. The molecule has 1 N–H and O–H groups in total. The van der Waals surface area contributed by atoms with Crippen LogP contribution in [0.1, 0.15) is 41.7 Å². The summed E-state index contributed by atoms with van der Waals surface area (Å²) in [6, 6.07) is 5.65. The van der Waals surface area contributed by atoms with Gasteiger partial charge >= 0.3 is 18.0 Å². The number of hydrogen-bond donors (Lipinski definition) is 1. The van der Waals surface area contributed by atoms with Gasteiger partial charge in [-0.05, 0) is 24.1 Å². The summed E-state index contributed by atoms with van der Waals surface area (Å²) in [4.78, 5) is 37.7. The Morgan fingerprint density at radius 2 is 1.72 bits per heavy atom. The summed E-state index contributed by atoms with van der Waals surface area (Å²) in [5, 5.41) is 2.81. The molecule has 0 spiro atoms. The number of benzene rings is 1. The van der Waals surface area contributed by atoms with Gasteiger partial charge < -0.3 is 19.7 Å². The molecular weight excluding hydrogens is 324 g/mol. The van der Waals surface area contributed by atoms with Crippen molar-refractivity contribution in [2.75, 3.05) is 21.3 Å². The van der Waals surface area contributed by atoms with Crippen molar-refractivity contribution in [3.63, 3.8) is 0 Å². The number of carbonyl (C=O) groups excluding carboxylic acids is 3. The number of urea groups is 1. The summed E-state index contributed by atoms with van der Waals surface area (Å²) >= 11 is 0. The van der Waals surface area contributed by atoms with E-state index in [1.165, 1.54) is 19.1 Å². The Hall–Kier alpha value is -2.83. The zero-order valence-electron chi connectivity index (χ0n) is 14.8. The van der Waals surface area contributed by atoms with Crippen LogP contribution in [0.25, 0.3) is 0 Å². The van der Waals surface area contributed by atoms with Crippen molar-refractivity contribution in [2.45, 2.75) is 25.8 Å². The number of ether oxygens (including phenoxy) is 2. The lowest BCUT2D eigenvalue weighted by Gasteiger charge is -2.34. The van der Waals surface area contributed by atoms with Crippen LogP contribution in [0.2, 0.25) is 0 Å². The molecule has 1 aliphatic rings. The Labute approximate surface area is 146 Å². The third-order valence-corrected chi connectivity index (χ3v) is 4.13. The lowest BCUT2D eigenvalue weighted by molar-refractivity contribution is -0.136. The van der Waals surface area contributed by atoms with Crippen molar-refractivity contribution in [1.29, 1.82) is 0 Å². The Morgan fingerprint density at radius 3 is 2.24 bits per heavy atom. The fourth-order valence-corrected chi connectivity index (χ4v) is 2.83. The molecule has 7 heteroatoms. The van der Waals surface area contributed by atoms with Crippen LogP contribution in [0.5, 0.6) is 0 Å². The van der Waals surface area contributed by atoms with Crippen LogP contribution in [0, 0.1) is 0 Å². The van der Waals surface area contributed by atoms with Gasteiger partial charge in [0.1, 0.15) is 0 Å². The predicted octanol–water partition coefficient (Wildman–Crippen LogP) is 2.40. The molecule has 7 nitrogen and oxygen atoms in total. The molecule has 1 aromatic rings. The maximum atomic E-state index is 12.4. The minimum Gasteiger partial charge on any atom is -0.466 e. The Balaban J connectivity index is 2.51. The van der Waals surface area contributed by atoms with Gasteiger partial charge in [-0.25, -0.2) is 14.4 Å². The molecule has 1 aromatic carbocycles. The van der Waals surface area contributed by atoms with E-state index in [9.17, 15) is 14.4 Å². The molecule has 1 aliphatic heterocycles. The topological polar surface area (TPSA) is 84.9 Å². The number of hydrogen-bond acceptors (Lipinski definition) is 5. The van der Waals surface area contributed by atoms with Crippen molar-refractivity contribution >= 4 is 18.0 Å². The van der Waals surface area contributed by atoms with Gasteiger partial charge in [0.2, 0.25) is 0 Å². The normalized spacial score (nSPS) is 17.2. The summed E-state index contributed by atoms with van der Waals surface area (Å²) in [5.41, 5.74) is 2.11. The van der Waals surface area contributed by atoms with Crippen LogP contribution in [0.3, 0.4) is 0 Å². The first-order valence-electron chi connectivity index (χ1n) is 7.98. The maximum Gasteiger partial charge on any atom is 0.337 e. The van der Waals surface area contributed by atoms with E-state index in [1.807, 2.05) is 6.92 Å². The fourth-order valence-electron chi connectivity index (χ4n) is 2.83. The van der Waals surface area contributed by atoms with E-state index >= 15 is 0 Å². The number of esters is 2. The van der Waals surface area contributed by atoms with Gasteiger partial charge in [-0.3, -0.25) is 0 Å². The highest BCUT2D eigenvalue weighted by molar-refractivity contribution is 5.95. The van der Waals surface area contributed by atoms with Gasteiger partial charge in [-0.2, -0.15) is 0 Å². The average Bonchev–Trinajstić information content (AvgIpc) is 2.64. The number of allylic oxidation sites excluding steroid dienone is 1. The summed E-state index contributed by atoms with van der Waals surface area (Å²) in [7, 11) is 4.25. The van der Waals surface area contributed by atoms with Gasteiger partial charge in [-0.15, -0.1) is 0 Å². The first kappa shape index (κ1) is 18.5. The SMILES string of the molecule is CCCC1=C(C(=O)OC)[C@H](c2ccc(C(=O)OC)cc2)NC(=O)N1C. The van der Waals surface area contributed by atoms with E-state index < -0.39 is 18.0 Å². The van der Waals surface area contributed by atoms with Crippen molar-refractivity contribution in [2.24, 2.45) is 0 Å². The highest BCUT2D eigenvalue weighted by atomic mass is 16.5. The molecular formula is C18H22N2O5. The lowest BCUT2D eigenvalue weighted by Crippen LogP contribution is -2.46. The summed E-state index contributed by atoms with van der Waals surface area (Å²) < 4.78 is 9.61. The van der Waals surface area contributed by atoms with Crippen LogP contribution in [-0.2, 0) is 14.3 Å². The molecule has 25 heavy (non-hydrogen) atoms. The van der Waals surface area contributed by atoms with Gasteiger partial charge in [-0.1, -0.05) is 25.5 Å². The number of amides is 2. The van der Waals surface area contributed by atoms with Gasteiger partial charge in [0, 0.05) is 12.7 Å². The molecule has 0 saturated heterocycles. The number of nitrogens with one attached hydrogen (secondary N) is 1. The first-order chi connectivity index (χ1) is 11.9. The minimum atomic E-state index is -0.635. The average molecular weight is 346 g/mol. The number of methoxy groups -OCH3 is 2. The van der Waals surface area contributed by atoms with E-state index in [2.05, 4.69) is 10.1 Å². The molecule has 0 aromatic heterocycles. The standard InChI is InChI=1S/C18H22N2O5/c1-5-6-13-14(17(22)25-4)15(19-18(23)20(13)2)11-7-9-12(10-8-11)16(21)24-3/h7-10,15H,5-6H2,1-4H3,(H,19,23)/t15-/m0/s1. The summed E-state index contributed by atoms with van der Waals surface area (Å²) in [5.74, 6) is -0.938. The molecule has 0 fully saturated rings. The smallest absolute Gasteiger partial charge is 0.337 e. The number of nitrogens with zero attached hydrogens (tertiary/aromatic N) is 1. The Morgan fingerprint density at radius 1 is 1.12 bits per heavy atom. The molecule has 134 valence electrons. The predicted molar refractivity (Wildman–Crippen MR) is 90.8 cm³/mol. The molecule has 0 saturated carbocycles. The molecule has 1 atom stereocenters. The number of rotatable bonds is 5. The van der Waals surface area contributed by atoms with Crippen LogP contribution in [-0.4, -0.2) is 44.1 Å². The van der Waals surface area contributed by atoms with E-state index in [4.69, 9.17) is 4.74 Å². The van der Waals surface area contributed by atoms with Gasteiger partial charge in [0.25, 0.3) is 0 Å². The number of carbonyl (C=O) groups is 3. The third kappa shape index (κ3) is 3.65. The summed E-state index contributed by atoms with van der Waals surface area (Å²) in [6.07, 6.45) is 1.35. The monoisotopic (exact) mass is 346 g/mol. The van der Waals surface area contributed by atoms with Crippen LogP contribution in [0.4, 0.5) is 4.79 Å². The Bertz CT molecular complexity index is 709. The van der Waals surface area contributed by atoms with E-state index in [0.717, 1.165) is 6.42 Å². The molecule has 2 amide bonds. The molecule has 0 aliphatic carbocycles. The maximum absolute atomic E-state index is 12.4. The lowest BCUT2D eigenvalue weighted by atomic mass is 9.92. The second-order valence-corrected chi connectivity index (χ2v) is 5.66. The fraction of sp³-hybridized carbons (Fsp3) is 0.389. The summed E-state index contributed by atoms with van der Waals surface area (Å²) in [6.45, 7) is 1.97. The van der Waals surface area contributed by atoms with Crippen molar-refractivity contribution in [1.82, 2.24) is 10.2 Å². The molecule has 0 radical (unpaired) electrons. The molecule has 2 rings (SSSR count). The zero-order valence-corrected chi connectivity index (χ0v) is 14.8. The second-order valence-electron chi connectivity index (χ2n) is 5.66. The van der Waals surface area contributed by atoms with E-state index in [1.54, 1.807) is 31.3 Å². The second kappa shape index (κ2) is 7.83. The third-order valence-electron chi connectivity index (χ3n) is 4.13. The zero-order chi connectivity index (χ0) is 18.6. The quantitative estimate of drug-likeness (QED) is 0.828. The van der Waals surface area contributed by atoms with Crippen LogP contribution in [0.15, 0.2) is 35.5 Å². The van der Waals surface area contributed by atoms with Crippen molar-refractivity contribution in [3.05, 3.63) is 46.7 Å². The van der Waals surface area contributed by atoms with E-state index in [0.29, 0.717) is 28.8 Å². The van der Waals surface area contributed by atoms with Gasteiger partial charge in [0.15, 0.2) is 0 Å².